The number of ether oxygens (including phenoxy) is 1. The molecule has 0 radical (unpaired) electrons. The molecule has 17 heavy (non-hydrogen) atoms. The SMILES string of the molecule is CCOCCc1noc(CC(N)CC(C)C)n1. The van der Waals surface area contributed by atoms with Crippen molar-refractivity contribution >= 4 is 0 Å². The van der Waals surface area contributed by atoms with Gasteiger partial charge < -0.3 is 15.0 Å². The zero-order valence-corrected chi connectivity index (χ0v) is 11.0. The Balaban J connectivity index is 2.34. The smallest absolute Gasteiger partial charge is 0.228 e. The molecule has 0 amide bonds. The minimum Gasteiger partial charge on any atom is -0.381 e. The molecule has 5 heteroatoms. The van der Waals surface area contributed by atoms with Gasteiger partial charge in [-0.15, -0.1) is 0 Å². The Labute approximate surface area is 103 Å². The van der Waals surface area contributed by atoms with E-state index in [9.17, 15) is 0 Å². The molecule has 0 aliphatic rings. The Kier molecular flexibility index (Phi) is 6.15. The summed E-state index contributed by atoms with van der Waals surface area (Å²) in [6.45, 7) is 7.62. The van der Waals surface area contributed by atoms with Gasteiger partial charge in [0.25, 0.3) is 0 Å². The van der Waals surface area contributed by atoms with Crippen LogP contribution in [0.15, 0.2) is 4.52 Å². The topological polar surface area (TPSA) is 74.2 Å². The monoisotopic (exact) mass is 241 g/mol. The summed E-state index contributed by atoms with van der Waals surface area (Å²) in [4.78, 5) is 4.29. The molecule has 0 saturated carbocycles. The molecule has 1 rings (SSSR count). The molecule has 0 spiro atoms. The first-order valence-corrected chi connectivity index (χ1v) is 6.26. The van der Waals surface area contributed by atoms with Gasteiger partial charge in [0.15, 0.2) is 5.82 Å². The van der Waals surface area contributed by atoms with Crippen molar-refractivity contribution in [1.82, 2.24) is 10.1 Å². The summed E-state index contributed by atoms with van der Waals surface area (Å²) in [7, 11) is 0. The van der Waals surface area contributed by atoms with Crippen molar-refractivity contribution in [2.45, 2.75) is 46.1 Å². The summed E-state index contributed by atoms with van der Waals surface area (Å²) in [6.07, 6.45) is 2.31. The number of aromatic nitrogens is 2. The van der Waals surface area contributed by atoms with Crippen LogP contribution in [-0.4, -0.2) is 29.4 Å². The molecule has 5 nitrogen and oxygen atoms in total. The average molecular weight is 241 g/mol. The standard InChI is InChI=1S/C12H23N3O2/c1-4-16-6-5-11-14-12(17-15-11)8-10(13)7-9(2)3/h9-10H,4-8,13H2,1-3H3. The second kappa shape index (κ2) is 7.40. The molecule has 0 fully saturated rings. The van der Waals surface area contributed by atoms with E-state index in [0.29, 0.717) is 43.7 Å². The van der Waals surface area contributed by atoms with Crippen LogP contribution in [0.3, 0.4) is 0 Å². The molecule has 1 aromatic heterocycles. The fourth-order valence-corrected chi connectivity index (χ4v) is 1.70. The predicted octanol–water partition coefficient (Wildman–Crippen LogP) is 1.56. The second-order valence-corrected chi connectivity index (χ2v) is 4.65. The maximum atomic E-state index is 5.99. The zero-order valence-electron chi connectivity index (χ0n) is 11.0. The number of hydrogen-bond donors (Lipinski definition) is 1. The van der Waals surface area contributed by atoms with E-state index >= 15 is 0 Å². The molecular formula is C12H23N3O2. The minimum absolute atomic E-state index is 0.0928. The van der Waals surface area contributed by atoms with Gasteiger partial charge in [-0.1, -0.05) is 19.0 Å². The largest absolute Gasteiger partial charge is 0.381 e. The first kappa shape index (κ1) is 14.1. The van der Waals surface area contributed by atoms with Gasteiger partial charge in [0.05, 0.1) is 6.61 Å². The lowest BCUT2D eigenvalue weighted by Gasteiger charge is -2.10. The number of rotatable bonds is 8. The van der Waals surface area contributed by atoms with Crippen molar-refractivity contribution < 1.29 is 9.26 Å². The van der Waals surface area contributed by atoms with Crippen LogP contribution in [0.5, 0.6) is 0 Å². The maximum absolute atomic E-state index is 5.99. The fourth-order valence-electron chi connectivity index (χ4n) is 1.70. The highest BCUT2D eigenvalue weighted by molar-refractivity contribution is 4.89. The molecule has 98 valence electrons. The molecule has 0 bridgehead atoms. The van der Waals surface area contributed by atoms with E-state index in [-0.39, 0.29) is 6.04 Å². The van der Waals surface area contributed by atoms with Gasteiger partial charge in [-0.2, -0.15) is 4.98 Å². The third kappa shape index (κ3) is 5.79. The number of nitrogens with zero attached hydrogens (tertiary/aromatic N) is 2. The van der Waals surface area contributed by atoms with Gasteiger partial charge in [0, 0.05) is 25.5 Å². The summed E-state index contributed by atoms with van der Waals surface area (Å²) < 4.78 is 10.4. The highest BCUT2D eigenvalue weighted by atomic mass is 16.5. The van der Waals surface area contributed by atoms with Crippen LogP contribution >= 0.6 is 0 Å². The van der Waals surface area contributed by atoms with Gasteiger partial charge in [-0.25, -0.2) is 0 Å². The third-order valence-corrected chi connectivity index (χ3v) is 2.40. The molecule has 1 unspecified atom stereocenters. The van der Waals surface area contributed by atoms with E-state index < -0.39 is 0 Å². The first-order chi connectivity index (χ1) is 8.11. The average Bonchev–Trinajstić information content (AvgIpc) is 2.64. The molecule has 0 aliphatic carbocycles. The Morgan fingerprint density at radius 3 is 2.82 bits per heavy atom. The van der Waals surface area contributed by atoms with Crippen molar-refractivity contribution in [2.75, 3.05) is 13.2 Å². The van der Waals surface area contributed by atoms with E-state index in [1.807, 2.05) is 6.92 Å². The van der Waals surface area contributed by atoms with Crippen molar-refractivity contribution in [3.8, 4) is 0 Å². The summed E-state index contributed by atoms with van der Waals surface area (Å²) >= 11 is 0. The zero-order chi connectivity index (χ0) is 12.7. The third-order valence-electron chi connectivity index (χ3n) is 2.40. The highest BCUT2D eigenvalue weighted by Crippen LogP contribution is 2.08. The van der Waals surface area contributed by atoms with Gasteiger partial charge in [0.1, 0.15) is 0 Å². The Morgan fingerprint density at radius 1 is 1.41 bits per heavy atom. The quantitative estimate of drug-likeness (QED) is 0.699. The summed E-state index contributed by atoms with van der Waals surface area (Å²) in [6, 6.07) is 0.0928. The van der Waals surface area contributed by atoms with Crippen LogP contribution in [0, 0.1) is 5.92 Å². The molecule has 1 atom stereocenters. The van der Waals surface area contributed by atoms with Crippen molar-refractivity contribution in [1.29, 1.82) is 0 Å². The Morgan fingerprint density at radius 2 is 2.18 bits per heavy atom. The fraction of sp³-hybridized carbons (Fsp3) is 0.833. The van der Waals surface area contributed by atoms with Crippen molar-refractivity contribution in [3.63, 3.8) is 0 Å². The minimum atomic E-state index is 0.0928. The van der Waals surface area contributed by atoms with Crippen LogP contribution in [0.1, 0.15) is 38.9 Å². The summed E-state index contributed by atoms with van der Waals surface area (Å²) in [5.41, 5.74) is 5.99. The van der Waals surface area contributed by atoms with E-state index in [4.69, 9.17) is 15.0 Å². The van der Waals surface area contributed by atoms with E-state index in [2.05, 4.69) is 24.0 Å². The molecular weight excluding hydrogens is 218 g/mol. The Hall–Kier alpha value is -0.940. The normalized spacial score (nSPS) is 13.2. The summed E-state index contributed by atoms with van der Waals surface area (Å²) in [5, 5.41) is 3.90. The molecule has 0 saturated heterocycles. The van der Waals surface area contributed by atoms with Gasteiger partial charge in [-0.3, -0.25) is 0 Å². The lowest BCUT2D eigenvalue weighted by atomic mass is 10.0. The predicted molar refractivity (Wildman–Crippen MR) is 65.6 cm³/mol. The van der Waals surface area contributed by atoms with Gasteiger partial charge >= 0.3 is 0 Å². The number of nitrogens with two attached hydrogens (primary N) is 1. The Bertz CT molecular complexity index is 312. The van der Waals surface area contributed by atoms with Crippen molar-refractivity contribution in [3.05, 3.63) is 11.7 Å². The van der Waals surface area contributed by atoms with Crippen LogP contribution in [0.4, 0.5) is 0 Å². The van der Waals surface area contributed by atoms with Gasteiger partial charge in [0.2, 0.25) is 5.89 Å². The van der Waals surface area contributed by atoms with Crippen LogP contribution in [-0.2, 0) is 17.6 Å². The molecule has 2 N–H and O–H groups in total. The highest BCUT2D eigenvalue weighted by Gasteiger charge is 2.12. The van der Waals surface area contributed by atoms with E-state index in [0.717, 1.165) is 6.42 Å². The van der Waals surface area contributed by atoms with Gasteiger partial charge in [-0.05, 0) is 19.3 Å². The molecule has 0 aromatic carbocycles. The van der Waals surface area contributed by atoms with Crippen LogP contribution < -0.4 is 5.73 Å². The van der Waals surface area contributed by atoms with Crippen LogP contribution in [0.2, 0.25) is 0 Å². The molecule has 1 heterocycles. The second-order valence-electron chi connectivity index (χ2n) is 4.65. The molecule has 0 aliphatic heterocycles. The van der Waals surface area contributed by atoms with Crippen LogP contribution in [0.25, 0.3) is 0 Å². The van der Waals surface area contributed by atoms with E-state index in [1.165, 1.54) is 0 Å². The lowest BCUT2D eigenvalue weighted by molar-refractivity contribution is 0.149. The number of hydrogen-bond acceptors (Lipinski definition) is 5. The van der Waals surface area contributed by atoms with Crippen molar-refractivity contribution in [2.24, 2.45) is 11.7 Å². The lowest BCUT2D eigenvalue weighted by Crippen LogP contribution is -2.24. The van der Waals surface area contributed by atoms with E-state index in [1.54, 1.807) is 0 Å². The maximum Gasteiger partial charge on any atom is 0.228 e. The summed E-state index contributed by atoms with van der Waals surface area (Å²) in [5.74, 6) is 1.92. The molecule has 1 aromatic rings. The first-order valence-electron chi connectivity index (χ1n) is 6.26.